The number of hydrogen-bond acceptors (Lipinski definition) is 4. The van der Waals surface area contributed by atoms with Crippen LogP contribution in [0.15, 0.2) is 18.3 Å². The van der Waals surface area contributed by atoms with Crippen LogP contribution >= 0.6 is 0 Å². The van der Waals surface area contributed by atoms with Crippen molar-refractivity contribution in [3.05, 3.63) is 29.7 Å². The van der Waals surface area contributed by atoms with E-state index < -0.39 is 5.97 Å². The zero-order valence-electron chi connectivity index (χ0n) is 9.74. The molecule has 1 aliphatic heterocycles. The molecule has 6 heteroatoms. The lowest BCUT2D eigenvalue weighted by molar-refractivity contribution is 0.0697. The molecule has 0 radical (unpaired) electrons. The molecule has 2 aromatic heterocycles. The molecule has 1 fully saturated rings. The monoisotopic (exact) mass is 247 g/mol. The number of nitrogens with zero attached hydrogens (tertiary/aromatic N) is 3. The van der Waals surface area contributed by atoms with Gasteiger partial charge in [-0.1, -0.05) is 0 Å². The Morgan fingerprint density at radius 3 is 2.94 bits per heavy atom. The Hall–Kier alpha value is -1.95. The average molecular weight is 247 g/mol. The van der Waals surface area contributed by atoms with E-state index in [2.05, 4.69) is 10.1 Å². The Morgan fingerprint density at radius 1 is 1.44 bits per heavy atom. The van der Waals surface area contributed by atoms with Gasteiger partial charge in [0.05, 0.1) is 5.56 Å². The van der Waals surface area contributed by atoms with Gasteiger partial charge in [-0.3, -0.25) is 0 Å². The summed E-state index contributed by atoms with van der Waals surface area (Å²) in [6.07, 6.45) is 3.47. The van der Waals surface area contributed by atoms with Crippen molar-refractivity contribution >= 4 is 11.6 Å². The number of pyridine rings is 1. The average Bonchev–Trinajstić information content (AvgIpc) is 2.82. The summed E-state index contributed by atoms with van der Waals surface area (Å²) in [5.41, 5.74) is 0.810. The Kier molecular flexibility index (Phi) is 2.71. The van der Waals surface area contributed by atoms with Crippen molar-refractivity contribution in [2.24, 2.45) is 0 Å². The van der Waals surface area contributed by atoms with Crippen LogP contribution in [0.4, 0.5) is 0 Å². The summed E-state index contributed by atoms with van der Waals surface area (Å²) in [6.45, 7) is 1.47. The number of carboxylic acid groups (broad SMARTS) is 1. The molecule has 0 aromatic carbocycles. The van der Waals surface area contributed by atoms with Crippen LogP contribution < -0.4 is 0 Å². The third kappa shape index (κ3) is 1.95. The highest BCUT2D eigenvalue weighted by molar-refractivity contribution is 5.88. The normalized spacial score (nSPS) is 17.1. The van der Waals surface area contributed by atoms with Gasteiger partial charge in [-0.25, -0.2) is 14.3 Å². The standard InChI is InChI=1S/C12H13N3O3/c16-12(17)9-1-4-15-10(7-9)13-11(14-15)8-2-5-18-6-3-8/h1,4,7-8H,2-3,5-6H2,(H,16,17). The van der Waals surface area contributed by atoms with E-state index >= 15 is 0 Å². The quantitative estimate of drug-likeness (QED) is 0.866. The Morgan fingerprint density at radius 2 is 2.22 bits per heavy atom. The van der Waals surface area contributed by atoms with Gasteiger partial charge in [-0.05, 0) is 25.0 Å². The molecule has 0 aliphatic carbocycles. The smallest absolute Gasteiger partial charge is 0.335 e. The van der Waals surface area contributed by atoms with Crippen LogP contribution in [-0.4, -0.2) is 38.9 Å². The molecule has 1 aliphatic rings. The molecule has 3 rings (SSSR count). The number of fused-ring (bicyclic) bond motifs is 1. The van der Waals surface area contributed by atoms with Crippen molar-refractivity contribution in [2.75, 3.05) is 13.2 Å². The summed E-state index contributed by atoms with van der Waals surface area (Å²) in [5.74, 6) is 0.140. The first kappa shape index (κ1) is 11.2. The van der Waals surface area contributed by atoms with Gasteiger partial charge in [-0.15, -0.1) is 0 Å². The van der Waals surface area contributed by atoms with Crippen LogP contribution in [-0.2, 0) is 4.74 Å². The second-order valence-electron chi connectivity index (χ2n) is 4.38. The molecular formula is C12H13N3O3. The molecule has 1 N–H and O–H groups in total. The van der Waals surface area contributed by atoms with Gasteiger partial charge in [0, 0.05) is 25.3 Å². The zero-order chi connectivity index (χ0) is 12.5. The third-order valence-electron chi connectivity index (χ3n) is 3.19. The SMILES string of the molecule is O=C(O)c1ccn2nc(C3CCOCC3)nc2c1. The summed E-state index contributed by atoms with van der Waals surface area (Å²) >= 11 is 0. The molecule has 2 aromatic rings. The predicted octanol–water partition coefficient (Wildman–Crippen LogP) is 1.32. The van der Waals surface area contributed by atoms with Gasteiger partial charge < -0.3 is 9.84 Å². The highest BCUT2D eigenvalue weighted by Crippen LogP contribution is 2.24. The summed E-state index contributed by atoms with van der Waals surface area (Å²) in [6, 6.07) is 3.07. The van der Waals surface area contributed by atoms with E-state index in [-0.39, 0.29) is 5.56 Å². The predicted molar refractivity (Wildman–Crippen MR) is 62.7 cm³/mol. The minimum Gasteiger partial charge on any atom is -0.478 e. The van der Waals surface area contributed by atoms with Crippen LogP contribution in [0.25, 0.3) is 5.65 Å². The van der Waals surface area contributed by atoms with Crippen molar-refractivity contribution in [1.29, 1.82) is 0 Å². The fraction of sp³-hybridized carbons (Fsp3) is 0.417. The largest absolute Gasteiger partial charge is 0.478 e. The van der Waals surface area contributed by atoms with Crippen LogP contribution in [0.2, 0.25) is 0 Å². The highest BCUT2D eigenvalue weighted by atomic mass is 16.5. The fourth-order valence-corrected chi connectivity index (χ4v) is 2.16. The van der Waals surface area contributed by atoms with Gasteiger partial charge in [0.25, 0.3) is 0 Å². The summed E-state index contributed by atoms with van der Waals surface area (Å²) in [5, 5.41) is 13.3. The van der Waals surface area contributed by atoms with Crippen LogP contribution in [0.3, 0.4) is 0 Å². The van der Waals surface area contributed by atoms with Gasteiger partial charge in [0.2, 0.25) is 0 Å². The minimum absolute atomic E-state index is 0.230. The third-order valence-corrected chi connectivity index (χ3v) is 3.19. The highest BCUT2D eigenvalue weighted by Gasteiger charge is 2.20. The second kappa shape index (κ2) is 4.38. The number of carboxylic acids is 1. The number of aromatic nitrogens is 3. The van der Waals surface area contributed by atoms with Gasteiger partial charge >= 0.3 is 5.97 Å². The number of rotatable bonds is 2. The number of hydrogen-bond donors (Lipinski definition) is 1. The van der Waals surface area contributed by atoms with E-state index in [1.165, 1.54) is 12.1 Å². The van der Waals surface area contributed by atoms with Crippen LogP contribution in [0.1, 0.15) is 34.9 Å². The zero-order valence-corrected chi connectivity index (χ0v) is 9.74. The van der Waals surface area contributed by atoms with Gasteiger partial charge in [0.15, 0.2) is 11.5 Å². The van der Waals surface area contributed by atoms with Crippen LogP contribution in [0, 0.1) is 0 Å². The Bertz CT molecular complexity index is 587. The lowest BCUT2D eigenvalue weighted by atomic mass is 10.00. The van der Waals surface area contributed by atoms with E-state index in [1.54, 1.807) is 10.7 Å². The summed E-state index contributed by atoms with van der Waals surface area (Å²) in [4.78, 5) is 15.3. The topological polar surface area (TPSA) is 76.7 Å². The summed E-state index contributed by atoms with van der Waals surface area (Å²) in [7, 11) is 0. The van der Waals surface area contributed by atoms with Crippen molar-refractivity contribution < 1.29 is 14.6 Å². The van der Waals surface area contributed by atoms with Gasteiger partial charge in [-0.2, -0.15) is 5.10 Å². The number of carbonyl (C=O) groups is 1. The molecule has 94 valence electrons. The maximum absolute atomic E-state index is 10.9. The first-order valence-corrected chi connectivity index (χ1v) is 5.91. The molecule has 3 heterocycles. The summed E-state index contributed by atoms with van der Waals surface area (Å²) < 4.78 is 6.93. The molecule has 18 heavy (non-hydrogen) atoms. The first-order chi connectivity index (χ1) is 8.74. The van der Waals surface area contributed by atoms with E-state index in [9.17, 15) is 4.79 Å². The molecule has 0 unspecified atom stereocenters. The van der Waals surface area contributed by atoms with Crippen molar-refractivity contribution in [1.82, 2.24) is 14.6 Å². The fourth-order valence-electron chi connectivity index (χ4n) is 2.16. The molecule has 1 saturated heterocycles. The van der Waals surface area contributed by atoms with E-state index in [0.717, 1.165) is 31.9 Å². The molecular weight excluding hydrogens is 234 g/mol. The molecule has 6 nitrogen and oxygen atoms in total. The molecule has 0 amide bonds. The van der Waals surface area contributed by atoms with E-state index in [0.29, 0.717) is 11.6 Å². The van der Waals surface area contributed by atoms with E-state index in [1.807, 2.05) is 0 Å². The van der Waals surface area contributed by atoms with Crippen molar-refractivity contribution in [2.45, 2.75) is 18.8 Å². The Labute approximate surface area is 103 Å². The molecule has 0 saturated carbocycles. The maximum Gasteiger partial charge on any atom is 0.335 e. The molecule has 0 bridgehead atoms. The van der Waals surface area contributed by atoms with E-state index in [4.69, 9.17) is 9.84 Å². The lowest BCUT2D eigenvalue weighted by Crippen LogP contribution is -2.15. The maximum atomic E-state index is 10.9. The Balaban J connectivity index is 1.97. The second-order valence-corrected chi connectivity index (χ2v) is 4.38. The lowest BCUT2D eigenvalue weighted by Gasteiger charge is -2.18. The number of ether oxygens (including phenoxy) is 1. The minimum atomic E-state index is -0.951. The van der Waals surface area contributed by atoms with Crippen molar-refractivity contribution in [3.8, 4) is 0 Å². The van der Waals surface area contributed by atoms with Crippen LogP contribution in [0.5, 0.6) is 0 Å². The molecule has 0 atom stereocenters. The van der Waals surface area contributed by atoms with Crippen molar-refractivity contribution in [3.63, 3.8) is 0 Å². The van der Waals surface area contributed by atoms with Gasteiger partial charge in [0.1, 0.15) is 0 Å². The first-order valence-electron chi connectivity index (χ1n) is 5.91. The molecule has 0 spiro atoms. The number of aromatic carboxylic acids is 1.